The molecule has 7 nitrogen and oxygen atoms in total. The van der Waals surface area contributed by atoms with E-state index in [1.54, 1.807) is 24.4 Å². The van der Waals surface area contributed by atoms with Crippen LogP contribution >= 0.6 is 0 Å². The van der Waals surface area contributed by atoms with Gasteiger partial charge in [0.05, 0.1) is 25.9 Å². The molecule has 5 rings (SSSR count). The van der Waals surface area contributed by atoms with Crippen molar-refractivity contribution in [3.8, 4) is 22.6 Å². The molecule has 0 amide bonds. The Labute approximate surface area is 227 Å². The Hall–Kier alpha value is -3.91. The number of rotatable bonds is 9. The minimum absolute atomic E-state index is 0.0191. The number of aryl methyl sites for hydroxylation is 2. The number of aliphatic hydroxyl groups excluding tert-OH is 1. The fourth-order valence-corrected chi connectivity index (χ4v) is 5.79. The summed E-state index contributed by atoms with van der Waals surface area (Å²) in [5, 5.41) is 18.3. The van der Waals surface area contributed by atoms with Gasteiger partial charge in [-0.15, -0.1) is 0 Å². The molecule has 0 spiro atoms. The van der Waals surface area contributed by atoms with Gasteiger partial charge in [-0.05, 0) is 72.2 Å². The van der Waals surface area contributed by atoms with Crippen molar-refractivity contribution in [2.75, 3.05) is 20.4 Å². The van der Waals surface area contributed by atoms with E-state index >= 15 is 4.39 Å². The van der Waals surface area contributed by atoms with Crippen LogP contribution in [0.5, 0.6) is 11.5 Å². The summed E-state index contributed by atoms with van der Waals surface area (Å²) in [6, 6.07) is 13.1. The van der Waals surface area contributed by atoms with Gasteiger partial charge in [0.2, 0.25) is 0 Å². The van der Waals surface area contributed by atoms with Crippen molar-refractivity contribution in [3.05, 3.63) is 81.7 Å². The third kappa shape index (κ3) is 5.47. The number of hydrogen-bond acceptors (Lipinski definition) is 5. The normalized spacial score (nSPS) is 17.7. The first-order chi connectivity index (χ1) is 18.7. The van der Waals surface area contributed by atoms with Crippen LogP contribution in [0.2, 0.25) is 0 Å². The van der Waals surface area contributed by atoms with Crippen molar-refractivity contribution < 1.29 is 28.9 Å². The molecule has 3 aromatic rings. The van der Waals surface area contributed by atoms with Crippen molar-refractivity contribution >= 4 is 12.3 Å². The van der Waals surface area contributed by atoms with Gasteiger partial charge >= 0.3 is 5.97 Å². The van der Waals surface area contributed by atoms with Gasteiger partial charge in [-0.1, -0.05) is 24.3 Å². The van der Waals surface area contributed by atoms with Crippen LogP contribution in [-0.4, -0.2) is 47.8 Å². The largest absolute Gasteiger partial charge is 0.492 e. The van der Waals surface area contributed by atoms with E-state index < -0.39 is 12.1 Å². The minimum Gasteiger partial charge on any atom is -0.492 e. The van der Waals surface area contributed by atoms with E-state index in [9.17, 15) is 4.79 Å². The van der Waals surface area contributed by atoms with E-state index in [1.165, 1.54) is 6.07 Å². The van der Waals surface area contributed by atoms with Crippen molar-refractivity contribution in [1.29, 1.82) is 0 Å². The molecule has 1 heterocycles. The Bertz CT molecular complexity index is 1410. The zero-order valence-corrected chi connectivity index (χ0v) is 22.4. The summed E-state index contributed by atoms with van der Waals surface area (Å²) in [6.45, 7) is 4.88. The highest BCUT2D eigenvalue weighted by Gasteiger charge is 2.32. The Kier molecular flexibility index (Phi) is 7.57. The summed E-state index contributed by atoms with van der Waals surface area (Å²) >= 11 is 0. The molecule has 2 atom stereocenters. The minimum atomic E-state index is -0.856. The number of nitrogens with zero attached hydrogens (tertiary/aromatic N) is 2. The molecule has 0 fully saturated rings. The quantitative estimate of drug-likeness (QED) is 0.214. The smallest absolute Gasteiger partial charge is 0.304 e. The van der Waals surface area contributed by atoms with Gasteiger partial charge in [0.15, 0.2) is 0 Å². The monoisotopic (exact) mass is 532 g/mol. The van der Waals surface area contributed by atoms with Crippen LogP contribution in [0.25, 0.3) is 11.1 Å². The average Bonchev–Trinajstić information content (AvgIpc) is 3.49. The number of aliphatic imine (C=N–C) groups is 1. The lowest BCUT2D eigenvalue weighted by Gasteiger charge is -2.19. The molecule has 0 radical (unpaired) electrons. The van der Waals surface area contributed by atoms with Gasteiger partial charge in [-0.25, -0.2) is 4.39 Å². The number of ether oxygens (including phenoxy) is 2. The number of halogens is 1. The molecule has 2 aliphatic rings. The number of aliphatic hydroxyl groups is 1. The lowest BCUT2D eigenvalue weighted by Crippen LogP contribution is -2.16. The molecule has 1 aliphatic heterocycles. The van der Waals surface area contributed by atoms with Gasteiger partial charge in [0, 0.05) is 30.2 Å². The molecule has 0 saturated heterocycles. The number of benzene rings is 3. The fraction of sp³-hybridized carbons (Fsp3) is 0.355. The second-order valence-electron chi connectivity index (χ2n) is 10.4. The van der Waals surface area contributed by atoms with Crippen molar-refractivity contribution in [2.45, 2.75) is 51.7 Å². The van der Waals surface area contributed by atoms with Crippen LogP contribution in [-0.2, 0) is 17.8 Å². The maximum absolute atomic E-state index is 15.2. The third-order valence-electron chi connectivity index (χ3n) is 7.48. The van der Waals surface area contributed by atoms with Crippen LogP contribution < -0.4 is 9.47 Å². The maximum Gasteiger partial charge on any atom is 0.304 e. The first-order valence-electron chi connectivity index (χ1n) is 13.1. The predicted octanol–water partition coefficient (Wildman–Crippen LogP) is 5.54. The van der Waals surface area contributed by atoms with Gasteiger partial charge < -0.3 is 24.6 Å². The van der Waals surface area contributed by atoms with Crippen molar-refractivity contribution in [2.24, 2.45) is 4.99 Å². The Morgan fingerprint density at radius 3 is 2.69 bits per heavy atom. The van der Waals surface area contributed by atoms with Crippen LogP contribution in [0, 0.1) is 19.7 Å². The topological polar surface area (TPSA) is 91.6 Å². The lowest BCUT2D eigenvalue weighted by molar-refractivity contribution is -0.137. The molecular formula is C31H33FN2O5. The molecule has 39 heavy (non-hydrogen) atoms. The summed E-state index contributed by atoms with van der Waals surface area (Å²) in [5.74, 6) is -0.0961. The summed E-state index contributed by atoms with van der Waals surface area (Å²) in [6.07, 6.45) is 2.57. The molecule has 2 N–H and O–H groups in total. The number of carboxylic acids is 1. The number of hydrogen-bond donors (Lipinski definition) is 2. The second-order valence-corrected chi connectivity index (χ2v) is 10.4. The molecule has 0 aromatic heterocycles. The number of aliphatic carboxylic acids is 1. The van der Waals surface area contributed by atoms with Gasteiger partial charge in [0.1, 0.15) is 30.2 Å². The molecular weight excluding hydrogens is 499 g/mol. The highest BCUT2D eigenvalue weighted by molar-refractivity contribution is 5.76. The van der Waals surface area contributed by atoms with Crippen molar-refractivity contribution in [1.82, 2.24) is 4.90 Å². The molecule has 1 aliphatic carbocycles. The van der Waals surface area contributed by atoms with E-state index in [2.05, 4.69) is 31.0 Å². The summed E-state index contributed by atoms with van der Waals surface area (Å²) in [4.78, 5) is 17.1. The fourth-order valence-electron chi connectivity index (χ4n) is 5.79. The van der Waals surface area contributed by atoms with E-state index in [-0.39, 0.29) is 24.9 Å². The van der Waals surface area contributed by atoms with Gasteiger partial charge in [0.25, 0.3) is 0 Å². The highest BCUT2D eigenvalue weighted by atomic mass is 19.1. The molecule has 2 unspecified atom stereocenters. The Morgan fingerprint density at radius 2 is 1.97 bits per heavy atom. The van der Waals surface area contributed by atoms with Crippen LogP contribution in [0.15, 0.2) is 47.5 Å². The SMILES string of the molecule is Cc1cc(CN=CN(C)CO)cc(C)c1-c1ccc(F)c2c1CCC2Oc1ccc2c(c1)OCC2CC(=O)O. The molecule has 0 bridgehead atoms. The Balaban J connectivity index is 1.40. The van der Waals surface area contributed by atoms with Gasteiger partial charge in [-0.3, -0.25) is 9.79 Å². The average molecular weight is 533 g/mol. The van der Waals surface area contributed by atoms with E-state index in [0.717, 1.165) is 38.9 Å². The zero-order valence-electron chi connectivity index (χ0n) is 22.4. The first kappa shape index (κ1) is 26.7. The second kappa shape index (κ2) is 11.1. The van der Waals surface area contributed by atoms with Crippen molar-refractivity contribution in [3.63, 3.8) is 0 Å². The lowest BCUT2D eigenvalue weighted by atomic mass is 9.89. The summed E-state index contributed by atoms with van der Waals surface area (Å²) in [5.41, 5.74) is 7.82. The maximum atomic E-state index is 15.2. The van der Waals surface area contributed by atoms with E-state index in [1.807, 2.05) is 18.2 Å². The molecule has 0 saturated carbocycles. The Morgan fingerprint density at radius 1 is 1.21 bits per heavy atom. The molecule has 8 heteroatoms. The van der Waals surface area contributed by atoms with E-state index in [4.69, 9.17) is 19.7 Å². The van der Waals surface area contributed by atoms with Crippen LogP contribution in [0.4, 0.5) is 4.39 Å². The number of carboxylic acid groups (broad SMARTS) is 1. The standard InChI is InChI=1S/C31H33FN2O5/c1-18-10-20(14-33-16-34(3)17-35)11-19(2)30(18)24-6-8-26(32)31-25(24)7-9-27(31)39-22-4-5-23-21(12-29(36)37)15-38-28(23)13-22/h4-6,8,10-11,13,16,21,27,35H,7,9,12,14-15,17H2,1-3H3,(H,36,37). The molecule has 3 aromatic carbocycles. The first-order valence-corrected chi connectivity index (χ1v) is 13.1. The summed E-state index contributed by atoms with van der Waals surface area (Å²) in [7, 11) is 1.76. The highest BCUT2D eigenvalue weighted by Crippen LogP contribution is 2.45. The predicted molar refractivity (Wildman–Crippen MR) is 147 cm³/mol. The van der Waals surface area contributed by atoms with E-state index in [0.29, 0.717) is 43.1 Å². The molecule has 204 valence electrons. The summed E-state index contributed by atoms with van der Waals surface area (Å²) < 4.78 is 27.3. The van der Waals surface area contributed by atoms with Crippen LogP contribution in [0.1, 0.15) is 58.2 Å². The third-order valence-corrected chi connectivity index (χ3v) is 7.48. The van der Waals surface area contributed by atoms with Gasteiger partial charge in [-0.2, -0.15) is 0 Å². The number of fused-ring (bicyclic) bond motifs is 2. The zero-order chi connectivity index (χ0) is 27.7. The van der Waals surface area contributed by atoms with Crippen LogP contribution in [0.3, 0.4) is 0 Å². The number of carbonyl (C=O) groups is 1.